The van der Waals surface area contributed by atoms with E-state index in [0.717, 1.165) is 28.1 Å². The van der Waals surface area contributed by atoms with E-state index in [1.165, 1.54) is 0 Å². The number of hydrogen-bond donors (Lipinski definition) is 1. The molecule has 31 heavy (non-hydrogen) atoms. The van der Waals surface area contributed by atoms with Crippen molar-refractivity contribution in [3.63, 3.8) is 0 Å². The van der Waals surface area contributed by atoms with Gasteiger partial charge >= 0.3 is 0 Å². The molecule has 4 aromatic rings. The lowest BCUT2D eigenvalue weighted by Gasteiger charge is -2.37. The largest absolute Gasteiger partial charge is 0.489 e. The van der Waals surface area contributed by atoms with E-state index in [2.05, 4.69) is 4.98 Å². The predicted molar refractivity (Wildman–Crippen MR) is 118 cm³/mol. The van der Waals surface area contributed by atoms with Crippen LogP contribution in [0.15, 0.2) is 77.2 Å². The molecule has 1 N–H and O–H groups in total. The maximum atomic E-state index is 9.74. The van der Waals surface area contributed by atoms with Crippen molar-refractivity contribution in [3.8, 4) is 11.5 Å². The standard InChI is InChI=1S/C25H24N2O4/c1-17(28)19-10-11-23-24(12-19)31-25(26-23)27-14-22(15-27)30-21-9-5-8-20(13-21)29-16-18-6-3-2-4-7-18/h2-13,17,22,28H,14-16H2,1H3/t17-/m0/s1. The molecule has 0 radical (unpaired) electrons. The van der Waals surface area contributed by atoms with Gasteiger partial charge in [-0.15, -0.1) is 0 Å². The van der Waals surface area contributed by atoms with Crippen molar-refractivity contribution in [1.82, 2.24) is 4.98 Å². The van der Waals surface area contributed by atoms with E-state index in [9.17, 15) is 5.11 Å². The van der Waals surface area contributed by atoms with Gasteiger partial charge in [-0.3, -0.25) is 0 Å². The van der Waals surface area contributed by atoms with Crippen molar-refractivity contribution in [2.75, 3.05) is 18.0 Å². The molecule has 158 valence electrons. The fraction of sp³-hybridized carbons (Fsp3) is 0.240. The summed E-state index contributed by atoms with van der Waals surface area (Å²) in [5.41, 5.74) is 3.41. The summed E-state index contributed by atoms with van der Waals surface area (Å²) in [5, 5.41) is 9.74. The topological polar surface area (TPSA) is 68.0 Å². The average Bonchev–Trinajstić information content (AvgIpc) is 3.18. The molecule has 6 heteroatoms. The van der Waals surface area contributed by atoms with E-state index in [0.29, 0.717) is 31.3 Å². The lowest BCUT2D eigenvalue weighted by molar-refractivity contribution is 0.161. The highest BCUT2D eigenvalue weighted by molar-refractivity contribution is 5.75. The maximum absolute atomic E-state index is 9.74. The molecule has 0 amide bonds. The summed E-state index contributed by atoms with van der Waals surface area (Å²) in [6.45, 7) is 3.66. The van der Waals surface area contributed by atoms with E-state index >= 15 is 0 Å². The van der Waals surface area contributed by atoms with Gasteiger partial charge in [-0.25, -0.2) is 0 Å². The van der Waals surface area contributed by atoms with Crippen LogP contribution in [-0.2, 0) is 6.61 Å². The van der Waals surface area contributed by atoms with Crippen LogP contribution in [-0.4, -0.2) is 29.3 Å². The smallest absolute Gasteiger partial charge is 0.298 e. The van der Waals surface area contributed by atoms with Crippen molar-refractivity contribution in [2.24, 2.45) is 0 Å². The number of aliphatic hydroxyl groups is 1. The minimum absolute atomic E-state index is 0.0624. The fourth-order valence-corrected chi connectivity index (χ4v) is 3.56. The molecule has 0 aliphatic carbocycles. The zero-order valence-electron chi connectivity index (χ0n) is 17.3. The van der Waals surface area contributed by atoms with Gasteiger partial charge in [0.1, 0.15) is 29.7 Å². The number of ether oxygens (including phenoxy) is 2. The number of oxazole rings is 1. The van der Waals surface area contributed by atoms with Gasteiger partial charge in [0.05, 0.1) is 19.2 Å². The Kier molecular flexibility index (Phi) is 5.22. The molecule has 1 atom stereocenters. The molecular formula is C25H24N2O4. The summed E-state index contributed by atoms with van der Waals surface area (Å²) < 4.78 is 17.9. The van der Waals surface area contributed by atoms with Crippen LogP contribution in [0.3, 0.4) is 0 Å². The van der Waals surface area contributed by atoms with Gasteiger partial charge in [-0.1, -0.05) is 42.5 Å². The first kappa shape index (κ1) is 19.5. The molecule has 2 heterocycles. The van der Waals surface area contributed by atoms with Crippen LogP contribution in [0.4, 0.5) is 6.01 Å². The van der Waals surface area contributed by atoms with E-state index in [1.807, 2.05) is 77.7 Å². The Hall–Kier alpha value is -3.51. The highest BCUT2D eigenvalue weighted by Crippen LogP contribution is 2.29. The number of nitrogens with zero attached hydrogens (tertiary/aromatic N) is 2. The van der Waals surface area contributed by atoms with Gasteiger partial charge < -0.3 is 23.9 Å². The average molecular weight is 416 g/mol. The Morgan fingerprint density at radius 2 is 1.84 bits per heavy atom. The fourth-order valence-electron chi connectivity index (χ4n) is 3.56. The maximum Gasteiger partial charge on any atom is 0.298 e. The van der Waals surface area contributed by atoms with E-state index in [1.54, 1.807) is 6.92 Å². The monoisotopic (exact) mass is 416 g/mol. The molecule has 1 aliphatic rings. The lowest BCUT2D eigenvalue weighted by atomic mass is 10.1. The second-order valence-electron chi connectivity index (χ2n) is 7.79. The van der Waals surface area contributed by atoms with Crippen molar-refractivity contribution in [2.45, 2.75) is 25.7 Å². The van der Waals surface area contributed by atoms with Crippen molar-refractivity contribution in [3.05, 3.63) is 83.9 Å². The van der Waals surface area contributed by atoms with E-state index in [4.69, 9.17) is 13.9 Å². The third-order valence-corrected chi connectivity index (χ3v) is 5.36. The number of fused-ring (bicyclic) bond motifs is 1. The minimum atomic E-state index is -0.535. The number of anilines is 1. The van der Waals surface area contributed by atoms with Crippen molar-refractivity contribution in [1.29, 1.82) is 0 Å². The summed E-state index contributed by atoms with van der Waals surface area (Å²) in [6.07, 6.45) is -0.473. The molecule has 3 aromatic carbocycles. The number of aliphatic hydroxyl groups excluding tert-OH is 1. The molecule has 0 saturated carbocycles. The number of rotatable bonds is 7. The highest BCUT2D eigenvalue weighted by Gasteiger charge is 2.32. The molecule has 0 unspecified atom stereocenters. The van der Waals surface area contributed by atoms with Gasteiger partial charge in [0.25, 0.3) is 6.01 Å². The predicted octanol–water partition coefficient (Wildman–Crippen LogP) is 4.73. The van der Waals surface area contributed by atoms with Crippen LogP contribution in [0.1, 0.15) is 24.2 Å². The Morgan fingerprint density at radius 3 is 2.65 bits per heavy atom. The zero-order chi connectivity index (χ0) is 21.2. The normalized spacial score (nSPS) is 15.0. The Balaban J connectivity index is 1.17. The van der Waals surface area contributed by atoms with Crippen LogP contribution in [0.2, 0.25) is 0 Å². The van der Waals surface area contributed by atoms with Gasteiger partial charge in [0.15, 0.2) is 5.58 Å². The van der Waals surface area contributed by atoms with Gasteiger partial charge in [-0.05, 0) is 42.3 Å². The second kappa shape index (κ2) is 8.32. The molecule has 1 aromatic heterocycles. The highest BCUT2D eigenvalue weighted by atomic mass is 16.5. The molecule has 5 rings (SSSR count). The first-order chi connectivity index (χ1) is 15.1. The Morgan fingerprint density at radius 1 is 1.03 bits per heavy atom. The lowest BCUT2D eigenvalue weighted by Crippen LogP contribution is -2.54. The Bertz CT molecular complexity index is 1170. The summed E-state index contributed by atoms with van der Waals surface area (Å²) >= 11 is 0. The first-order valence-electron chi connectivity index (χ1n) is 10.4. The van der Waals surface area contributed by atoms with Gasteiger partial charge in [0, 0.05) is 6.07 Å². The quantitative estimate of drug-likeness (QED) is 0.470. The molecule has 1 saturated heterocycles. The van der Waals surface area contributed by atoms with E-state index < -0.39 is 6.10 Å². The summed E-state index contributed by atoms with van der Waals surface area (Å²) in [7, 11) is 0. The van der Waals surface area contributed by atoms with Crippen LogP contribution in [0.5, 0.6) is 11.5 Å². The Labute approximate surface area is 180 Å². The molecule has 1 aliphatic heterocycles. The number of benzene rings is 3. The number of aromatic nitrogens is 1. The third kappa shape index (κ3) is 4.34. The van der Waals surface area contributed by atoms with Crippen LogP contribution < -0.4 is 14.4 Å². The molecule has 6 nitrogen and oxygen atoms in total. The second-order valence-corrected chi connectivity index (χ2v) is 7.79. The van der Waals surface area contributed by atoms with Gasteiger partial charge in [0.2, 0.25) is 0 Å². The molecule has 0 spiro atoms. The van der Waals surface area contributed by atoms with Gasteiger partial charge in [-0.2, -0.15) is 4.98 Å². The summed E-state index contributed by atoms with van der Waals surface area (Å²) in [5.74, 6) is 1.57. The van der Waals surface area contributed by atoms with Crippen LogP contribution >= 0.6 is 0 Å². The molecule has 0 bridgehead atoms. The minimum Gasteiger partial charge on any atom is -0.489 e. The number of hydrogen-bond acceptors (Lipinski definition) is 6. The van der Waals surface area contributed by atoms with Crippen LogP contribution in [0.25, 0.3) is 11.1 Å². The SMILES string of the molecule is C[C@H](O)c1ccc2nc(N3CC(Oc4cccc(OCc5ccccc5)c4)C3)oc2c1. The van der Waals surface area contributed by atoms with Crippen molar-refractivity contribution < 1.29 is 19.0 Å². The third-order valence-electron chi connectivity index (χ3n) is 5.36. The first-order valence-corrected chi connectivity index (χ1v) is 10.4. The van der Waals surface area contributed by atoms with E-state index in [-0.39, 0.29) is 6.10 Å². The summed E-state index contributed by atoms with van der Waals surface area (Å²) in [4.78, 5) is 6.59. The van der Waals surface area contributed by atoms with Crippen LogP contribution in [0, 0.1) is 0 Å². The zero-order valence-corrected chi connectivity index (χ0v) is 17.3. The van der Waals surface area contributed by atoms with Crippen molar-refractivity contribution >= 4 is 17.1 Å². The molecule has 1 fully saturated rings. The molecular weight excluding hydrogens is 392 g/mol. The summed E-state index contributed by atoms with van der Waals surface area (Å²) in [6, 6.07) is 24.0.